The number of rotatable bonds is 8. The molecule has 0 aromatic heterocycles. The van der Waals surface area contributed by atoms with Gasteiger partial charge in [-0.3, -0.25) is 4.90 Å². The molecule has 2 N–H and O–H groups in total. The lowest BCUT2D eigenvalue weighted by atomic mass is 10.0. The fourth-order valence-corrected chi connectivity index (χ4v) is 2.32. The van der Waals surface area contributed by atoms with Gasteiger partial charge in [-0.15, -0.1) is 13.2 Å². The average molecular weight is 276 g/mol. The number of nitrogens with zero attached hydrogens (tertiary/aromatic N) is 1. The molecule has 0 radical (unpaired) electrons. The Bertz CT molecular complexity index is 449. The maximum atomic E-state index is 5.92. The van der Waals surface area contributed by atoms with E-state index in [1.54, 1.807) is 7.11 Å². The second-order valence-corrected chi connectivity index (χ2v) is 4.55. The molecule has 0 spiro atoms. The molecule has 0 heterocycles. The van der Waals surface area contributed by atoms with Gasteiger partial charge in [0.15, 0.2) is 0 Å². The molecule has 0 saturated heterocycles. The Morgan fingerprint density at radius 2 is 1.95 bits per heavy atom. The first-order valence-electron chi connectivity index (χ1n) is 6.03. The van der Waals surface area contributed by atoms with E-state index >= 15 is 0 Å². The van der Waals surface area contributed by atoms with Gasteiger partial charge in [-0.05, 0) is 6.07 Å². The molecular weight excluding hydrogens is 256 g/mol. The van der Waals surface area contributed by atoms with E-state index in [1.807, 2.05) is 36.4 Å². The minimum atomic E-state index is -0.192. The van der Waals surface area contributed by atoms with Crippen molar-refractivity contribution in [2.24, 2.45) is 5.73 Å². The Morgan fingerprint density at radius 1 is 1.37 bits per heavy atom. The summed E-state index contributed by atoms with van der Waals surface area (Å²) in [6, 6.07) is 7.55. The van der Waals surface area contributed by atoms with Crippen molar-refractivity contribution >= 4 is 17.2 Å². The van der Waals surface area contributed by atoms with Crippen LogP contribution in [0.5, 0.6) is 5.75 Å². The molecule has 0 aliphatic rings. The van der Waals surface area contributed by atoms with Gasteiger partial charge in [0, 0.05) is 18.7 Å². The maximum Gasteiger partial charge on any atom is 0.124 e. The largest absolute Gasteiger partial charge is 0.496 e. The van der Waals surface area contributed by atoms with Crippen LogP contribution in [-0.4, -0.2) is 30.1 Å². The Kier molecular flexibility index (Phi) is 6.25. The molecule has 1 aromatic rings. The zero-order valence-electron chi connectivity index (χ0n) is 11.2. The minimum Gasteiger partial charge on any atom is -0.496 e. The number of hydrogen-bond donors (Lipinski definition) is 1. The second-order valence-electron chi connectivity index (χ2n) is 4.08. The third-order valence-corrected chi connectivity index (χ3v) is 3.02. The standard InChI is InChI=1S/C15H20N2OS/c1-4-10-17(11-5-2)14(15(16)19)12-8-6-7-9-13(12)18-3/h4-9,14H,1-2,10-11H2,3H3,(H2,16,19). The third-order valence-electron chi connectivity index (χ3n) is 2.80. The van der Waals surface area contributed by atoms with Crippen molar-refractivity contribution in [3.8, 4) is 5.75 Å². The quantitative estimate of drug-likeness (QED) is 0.585. The molecule has 1 atom stereocenters. The molecule has 0 fully saturated rings. The van der Waals surface area contributed by atoms with Crippen molar-refractivity contribution < 1.29 is 4.74 Å². The summed E-state index contributed by atoms with van der Waals surface area (Å²) in [5, 5.41) is 0. The third kappa shape index (κ3) is 3.91. The topological polar surface area (TPSA) is 38.5 Å². The number of thiocarbonyl (C=S) groups is 1. The van der Waals surface area contributed by atoms with E-state index in [4.69, 9.17) is 22.7 Å². The van der Waals surface area contributed by atoms with Crippen LogP contribution < -0.4 is 10.5 Å². The lowest BCUT2D eigenvalue weighted by Crippen LogP contribution is -2.37. The van der Waals surface area contributed by atoms with Crippen LogP contribution in [0.15, 0.2) is 49.6 Å². The van der Waals surface area contributed by atoms with Gasteiger partial charge in [0.2, 0.25) is 0 Å². The zero-order chi connectivity index (χ0) is 14.3. The smallest absolute Gasteiger partial charge is 0.124 e. The van der Waals surface area contributed by atoms with Crippen LogP contribution in [0.3, 0.4) is 0 Å². The Hall–Kier alpha value is -1.65. The second kappa shape index (κ2) is 7.71. The Balaban J connectivity index is 3.20. The summed E-state index contributed by atoms with van der Waals surface area (Å²) in [6.07, 6.45) is 3.65. The highest BCUT2D eigenvalue weighted by molar-refractivity contribution is 7.80. The molecule has 1 rings (SSSR count). The van der Waals surface area contributed by atoms with Crippen LogP contribution in [0.2, 0.25) is 0 Å². The highest BCUT2D eigenvalue weighted by atomic mass is 32.1. The molecule has 3 nitrogen and oxygen atoms in total. The van der Waals surface area contributed by atoms with Gasteiger partial charge in [-0.1, -0.05) is 42.6 Å². The monoisotopic (exact) mass is 276 g/mol. The summed E-state index contributed by atoms with van der Waals surface area (Å²) >= 11 is 5.22. The van der Waals surface area contributed by atoms with Crippen molar-refractivity contribution in [2.45, 2.75) is 6.04 Å². The van der Waals surface area contributed by atoms with Crippen LogP contribution in [0.25, 0.3) is 0 Å². The fourth-order valence-electron chi connectivity index (χ4n) is 2.04. The van der Waals surface area contributed by atoms with E-state index in [2.05, 4.69) is 18.1 Å². The van der Waals surface area contributed by atoms with Gasteiger partial charge in [0.1, 0.15) is 5.75 Å². The van der Waals surface area contributed by atoms with E-state index in [-0.39, 0.29) is 6.04 Å². The predicted molar refractivity (Wildman–Crippen MR) is 84.5 cm³/mol. The van der Waals surface area contributed by atoms with Crippen molar-refractivity contribution in [1.29, 1.82) is 0 Å². The van der Waals surface area contributed by atoms with Crippen molar-refractivity contribution in [2.75, 3.05) is 20.2 Å². The van der Waals surface area contributed by atoms with E-state index < -0.39 is 0 Å². The van der Waals surface area contributed by atoms with Gasteiger partial charge in [-0.25, -0.2) is 0 Å². The van der Waals surface area contributed by atoms with Crippen LogP contribution in [0.1, 0.15) is 11.6 Å². The molecule has 19 heavy (non-hydrogen) atoms. The van der Waals surface area contributed by atoms with Crippen LogP contribution >= 0.6 is 12.2 Å². The normalized spacial score (nSPS) is 11.9. The van der Waals surface area contributed by atoms with Crippen LogP contribution in [0, 0.1) is 0 Å². The predicted octanol–water partition coefficient (Wildman–Crippen LogP) is 2.70. The van der Waals surface area contributed by atoms with Crippen molar-refractivity contribution in [3.05, 3.63) is 55.1 Å². The summed E-state index contributed by atoms with van der Waals surface area (Å²) in [7, 11) is 1.64. The first-order chi connectivity index (χ1) is 9.15. The summed E-state index contributed by atoms with van der Waals surface area (Å²) in [5.74, 6) is 0.776. The molecule has 0 amide bonds. The van der Waals surface area contributed by atoms with E-state index in [0.717, 1.165) is 11.3 Å². The molecule has 102 valence electrons. The summed E-state index contributed by atoms with van der Waals surface area (Å²) < 4.78 is 5.39. The number of para-hydroxylation sites is 1. The highest BCUT2D eigenvalue weighted by Gasteiger charge is 2.24. The van der Waals surface area contributed by atoms with Crippen molar-refractivity contribution in [3.63, 3.8) is 0 Å². The fraction of sp³-hybridized carbons (Fsp3) is 0.267. The van der Waals surface area contributed by atoms with E-state index in [9.17, 15) is 0 Å². The summed E-state index contributed by atoms with van der Waals surface area (Å²) in [4.78, 5) is 2.51. The van der Waals surface area contributed by atoms with Crippen LogP contribution in [0.4, 0.5) is 0 Å². The lowest BCUT2D eigenvalue weighted by Gasteiger charge is -2.30. The van der Waals surface area contributed by atoms with Gasteiger partial charge < -0.3 is 10.5 Å². The minimum absolute atomic E-state index is 0.192. The average Bonchev–Trinajstić information content (AvgIpc) is 2.39. The number of ether oxygens (including phenoxy) is 1. The number of hydrogen-bond acceptors (Lipinski definition) is 3. The number of benzene rings is 1. The van der Waals surface area contributed by atoms with Gasteiger partial charge >= 0.3 is 0 Å². The van der Waals surface area contributed by atoms with E-state index in [0.29, 0.717) is 18.1 Å². The molecule has 0 saturated carbocycles. The first-order valence-corrected chi connectivity index (χ1v) is 6.44. The zero-order valence-corrected chi connectivity index (χ0v) is 12.0. The molecule has 0 bridgehead atoms. The molecule has 1 aromatic carbocycles. The molecule has 0 aliphatic heterocycles. The van der Waals surface area contributed by atoms with Crippen LogP contribution in [-0.2, 0) is 0 Å². The van der Waals surface area contributed by atoms with Gasteiger partial charge in [-0.2, -0.15) is 0 Å². The molecule has 1 unspecified atom stereocenters. The highest BCUT2D eigenvalue weighted by Crippen LogP contribution is 2.29. The number of nitrogens with two attached hydrogens (primary N) is 1. The SMILES string of the molecule is C=CCN(CC=C)C(C(N)=S)c1ccccc1OC. The van der Waals surface area contributed by atoms with Crippen molar-refractivity contribution in [1.82, 2.24) is 4.90 Å². The van der Waals surface area contributed by atoms with Gasteiger partial charge in [0.25, 0.3) is 0 Å². The van der Waals surface area contributed by atoms with E-state index in [1.165, 1.54) is 0 Å². The lowest BCUT2D eigenvalue weighted by molar-refractivity contribution is 0.293. The summed E-state index contributed by atoms with van der Waals surface area (Å²) in [6.45, 7) is 8.88. The Morgan fingerprint density at radius 3 is 2.42 bits per heavy atom. The molecule has 4 heteroatoms. The maximum absolute atomic E-state index is 5.92. The number of methoxy groups -OCH3 is 1. The Labute approximate surface area is 120 Å². The molecular formula is C15H20N2OS. The van der Waals surface area contributed by atoms with Gasteiger partial charge in [0.05, 0.1) is 18.1 Å². The first kappa shape index (κ1) is 15.4. The summed E-state index contributed by atoms with van der Waals surface area (Å²) in [5.41, 5.74) is 6.88. The molecule has 0 aliphatic carbocycles.